The molecule has 0 fully saturated rings. The van der Waals surface area contributed by atoms with Crippen molar-refractivity contribution in [2.75, 3.05) is 0 Å². The number of ketones is 1. The van der Waals surface area contributed by atoms with Crippen molar-refractivity contribution in [1.82, 2.24) is 0 Å². The maximum Gasteiger partial charge on any atom is 0.351 e. The first-order valence-corrected chi connectivity index (χ1v) is 7.04. The lowest BCUT2D eigenvalue weighted by Crippen LogP contribution is -2.12. The first kappa shape index (κ1) is 15.8. The molecule has 1 N–H and O–H groups in total. The molecular weight excluding hydrogens is 280 g/mol. The van der Waals surface area contributed by atoms with Gasteiger partial charge in [0, 0.05) is 6.07 Å². The Morgan fingerprint density at radius 1 is 1.23 bits per heavy atom. The van der Waals surface area contributed by atoms with E-state index >= 15 is 0 Å². The third-order valence-corrected chi connectivity index (χ3v) is 3.33. The molecule has 114 valence electrons. The van der Waals surface area contributed by atoms with Crippen molar-refractivity contribution in [3.05, 3.63) is 69.3 Å². The molecule has 0 saturated carbocycles. The van der Waals surface area contributed by atoms with Crippen molar-refractivity contribution in [2.24, 2.45) is 0 Å². The fourth-order valence-corrected chi connectivity index (χ4v) is 2.07. The molecule has 0 aliphatic carbocycles. The molecule has 0 amide bonds. The van der Waals surface area contributed by atoms with E-state index in [9.17, 15) is 14.7 Å². The van der Waals surface area contributed by atoms with Crippen LogP contribution in [-0.2, 0) is 0 Å². The summed E-state index contributed by atoms with van der Waals surface area (Å²) >= 11 is 0. The Morgan fingerprint density at radius 2 is 1.86 bits per heavy atom. The molecule has 4 heteroatoms. The molecule has 0 radical (unpaired) electrons. The van der Waals surface area contributed by atoms with Gasteiger partial charge in [0.2, 0.25) is 0 Å². The number of hydrogen-bond acceptors (Lipinski definition) is 4. The molecule has 0 saturated heterocycles. The van der Waals surface area contributed by atoms with E-state index in [0.29, 0.717) is 5.92 Å². The zero-order valence-corrected chi connectivity index (χ0v) is 12.8. The van der Waals surface area contributed by atoms with Crippen LogP contribution in [0.4, 0.5) is 0 Å². The molecule has 22 heavy (non-hydrogen) atoms. The lowest BCUT2D eigenvalue weighted by Gasteiger charge is -2.04. The number of aryl methyl sites for hydroxylation is 1. The van der Waals surface area contributed by atoms with E-state index in [1.807, 2.05) is 24.3 Å². The van der Waals surface area contributed by atoms with Gasteiger partial charge in [0.1, 0.15) is 17.1 Å². The lowest BCUT2D eigenvalue weighted by atomic mass is 10.0. The van der Waals surface area contributed by atoms with Crippen LogP contribution in [-0.4, -0.2) is 10.9 Å². The summed E-state index contributed by atoms with van der Waals surface area (Å²) in [5.41, 5.74) is 0.872. The predicted octanol–water partition coefficient (Wildman–Crippen LogP) is 3.67. The summed E-state index contributed by atoms with van der Waals surface area (Å²) in [5, 5.41) is 9.72. The molecule has 1 heterocycles. The Balaban J connectivity index is 2.23. The number of carbonyl (C=O) groups is 1. The normalized spacial score (nSPS) is 11.3. The smallest absolute Gasteiger partial charge is 0.351 e. The minimum atomic E-state index is -0.831. The Bertz CT molecular complexity index is 765. The second kappa shape index (κ2) is 6.43. The number of aromatic hydroxyl groups is 1. The highest BCUT2D eigenvalue weighted by Gasteiger charge is 2.15. The second-order valence-corrected chi connectivity index (χ2v) is 5.42. The first-order valence-electron chi connectivity index (χ1n) is 7.04. The summed E-state index contributed by atoms with van der Waals surface area (Å²) in [5.74, 6) is -0.251. The lowest BCUT2D eigenvalue weighted by molar-refractivity contribution is 0.104. The van der Waals surface area contributed by atoms with Crippen molar-refractivity contribution in [3.63, 3.8) is 0 Å². The Kier molecular flexibility index (Phi) is 4.61. The van der Waals surface area contributed by atoms with E-state index in [4.69, 9.17) is 4.42 Å². The monoisotopic (exact) mass is 298 g/mol. The van der Waals surface area contributed by atoms with Gasteiger partial charge in [-0.1, -0.05) is 44.2 Å². The molecule has 2 rings (SSSR count). The third kappa shape index (κ3) is 3.52. The van der Waals surface area contributed by atoms with Gasteiger partial charge in [0.05, 0.1) is 0 Å². The summed E-state index contributed by atoms with van der Waals surface area (Å²) < 4.78 is 4.83. The Hall–Kier alpha value is -2.62. The summed E-state index contributed by atoms with van der Waals surface area (Å²) in [6.07, 6.45) is 2.86. The van der Waals surface area contributed by atoms with Crippen LogP contribution in [0.25, 0.3) is 6.08 Å². The van der Waals surface area contributed by atoms with Gasteiger partial charge in [-0.25, -0.2) is 4.79 Å². The van der Waals surface area contributed by atoms with Gasteiger partial charge >= 0.3 is 5.63 Å². The topological polar surface area (TPSA) is 67.5 Å². The van der Waals surface area contributed by atoms with Crippen LogP contribution in [0.3, 0.4) is 0 Å². The maximum absolute atomic E-state index is 12.0. The van der Waals surface area contributed by atoms with Gasteiger partial charge in [0.15, 0.2) is 5.78 Å². The van der Waals surface area contributed by atoms with Gasteiger partial charge in [-0.15, -0.1) is 0 Å². The van der Waals surface area contributed by atoms with Gasteiger partial charge in [-0.2, -0.15) is 0 Å². The van der Waals surface area contributed by atoms with Crippen LogP contribution in [0, 0.1) is 6.92 Å². The summed E-state index contributed by atoms with van der Waals surface area (Å²) in [4.78, 5) is 23.7. The highest BCUT2D eigenvalue weighted by molar-refractivity contribution is 6.08. The molecule has 0 aliphatic heterocycles. The standard InChI is InChI=1S/C18H18O4/c1-11(2)14-7-4-13(5-8-14)6-9-15(19)17-16(20)10-12(3)22-18(17)21/h4-11,20H,1-3H3. The molecule has 0 spiro atoms. The number of benzene rings is 1. The minimum Gasteiger partial charge on any atom is -0.507 e. The first-order chi connectivity index (χ1) is 10.4. The molecule has 4 nitrogen and oxygen atoms in total. The minimum absolute atomic E-state index is 0.257. The molecule has 1 aromatic heterocycles. The molecule has 0 aliphatic rings. The quantitative estimate of drug-likeness (QED) is 0.690. The van der Waals surface area contributed by atoms with Crippen molar-refractivity contribution in [3.8, 4) is 5.75 Å². The Labute approximate surface area is 128 Å². The zero-order valence-electron chi connectivity index (χ0n) is 12.8. The number of allylic oxidation sites excluding steroid dienone is 1. The van der Waals surface area contributed by atoms with Gasteiger partial charge in [0.25, 0.3) is 0 Å². The average molecular weight is 298 g/mol. The van der Waals surface area contributed by atoms with Crippen LogP contribution in [0.5, 0.6) is 5.75 Å². The molecule has 0 atom stereocenters. The SMILES string of the molecule is Cc1cc(O)c(C(=O)C=Cc2ccc(C(C)C)cc2)c(=O)o1. The molecular formula is C18H18O4. The van der Waals surface area contributed by atoms with Crippen molar-refractivity contribution < 1.29 is 14.3 Å². The zero-order chi connectivity index (χ0) is 16.3. The highest BCUT2D eigenvalue weighted by Crippen LogP contribution is 2.17. The average Bonchev–Trinajstić information content (AvgIpc) is 2.44. The van der Waals surface area contributed by atoms with Crippen LogP contribution >= 0.6 is 0 Å². The summed E-state index contributed by atoms with van der Waals surface area (Å²) in [6, 6.07) is 9.03. The number of carbonyl (C=O) groups excluding carboxylic acids is 1. The summed E-state index contributed by atoms with van der Waals surface area (Å²) in [6.45, 7) is 5.74. The number of rotatable bonds is 4. The second-order valence-electron chi connectivity index (χ2n) is 5.42. The largest absolute Gasteiger partial charge is 0.507 e. The fourth-order valence-electron chi connectivity index (χ4n) is 2.07. The molecule has 0 bridgehead atoms. The van der Waals surface area contributed by atoms with Crippen LogP contribution < -0.4 is 5.63 Å². The van der Waals surface area contributed by atoms with Crippen molar-refractivity contribution in [1.29, 1.82) is 0 Å². The van der Waals surface area contributed by atoms with Crippen molar-refractivity contribution in [2.45, 2.75) is 26.7 Å². The third-order valence-electron chi connectivity index (χ3n) is 3.33. The Morgan fingerprint density at radius 3 is 2.41 bits per heavy atom. The predicted molar refractivity (Wildman–Crippen MR) is 85.3 cm³/mol. The van der Waals surface area contributed by atoms with Gasteiger partial charge < -0.3 is 9.52 Å². The maximum atomic E-state index is 12.0. The number of hydrogen-bond donors (Lipinski definition) is 1. The van der Waals surface area contributed by atoms with E-state index in [0.717, 1.165) is 5.56 Å². The molecule has 0 unspecified atom stereocenters. The molecule has 1 aromatic carbocycles. The van der Waals surface area contributed by atoms with Gasteiger partial charge in [-0.05, 0) is 30.0 Å². The highest BCUT2D eigenvalue weighted by atomic mass is 16.4. The molecule has 2 aromatic rings. The van der Waals surface area contributed by atoms with E-state index in [1.165, 1.54) is 24.6 Å². The van der Waals surface area contributed by atoms with E-state index in [2.05, 4.69) is 13.8 Å². The van der Waals surface area contributed by atoms with Gasteiger partial charge in [-0.3, -0.25) is 4.79 Å². The van der Waals surface area contributed by atoms with E-state index in [1.54, 1.807) is 6.08 Å². The van der Waals surface area contributed by atoms with Crippen LogP contribution in [0.15, 0.2) is 45.6 Å². The van der Waals surface area contributed by atoms with E-state index < -0.39 is 11.4 Å². The van der Waals surface area contributed by atoms with E-state index in [-0.39, 0.29) is 17.1 Å². The summed E-state index contributed by atoms with van der Waals surface area (Å²) in [7, 11) is 0. The fraction of sp³-hybridized carbons (Fsp3) is 0.222. The van der Waals surface area contributed by atoms with Crippen molar-refractivity contribution >= 4 is 11.9 Å². The van der Waals surface area contributed by atoms with Crippen LogP contribution in [0.2, 0.25) is 0 Å². The van der Waals surface area contributed by atoms with Crippen LogP contribution in [0.1, 0.15) is 47.0 Å².